The minimum Gasteiger partial charge on any atom is -0.493 e. The minimum absolute atomic E-state index is 0.379. The molecule has 1 atom stereocenters. The van der Waals surface area contributed by atoms with Crippen molar-refractivity contribution in [1.82, 2.24) is 10.9 Å². The summed E-state index contributed by atoms with van der Waals surface area (Å²) in [7, 11) is 1.48. The number of ether oxygens (including phenoxy) is 3. The largest absolute Gasteiger partial charge is 0.493 e. The van der Waals surface area contributed by atoms with Crippen molar-refractivity contribution in [1.29, 1.82) is 0 Å². The van der Waals surface area contributed by atoms with Crippen LogP contribution < -0.4 is 20.3 Å². The van der Waals surface area contributed by atoms with Crippen molar-refractivity contribution >= 4 is 17.8 Å². The smallest absolute Gasteiger partial charge is 0.344 e. The molecule has 0 fully saturated rings. The van der Waals surface area contributed by atoms with Crippen LogP contribution in [0.5, 0.6) is 11.5 Å². The van der Waals surface area contributed by atoms with E-state index in [1.807, 2.05) is 0 Å². The van der Waals surface area contributed by atoms with Crippen LogP contribution in [-0.2, 0) is 14.3 Å². The molecule has 142 valence electrons. The predicted octanol–water partition coefficient (Wildman–Crippen LogP) is 1.47. The summed E-state index contributed by atoms with van der Waals surface area (Å²) in [6, 6.07) is 15.2. The second kappa shape index (κ2) is 9.81. The maximum atomic E-state index is 11.9. The quantitative estimate of drug-likeness (QED) is 0.564. The third-order valence-electron chi connectivity index (χ3n) is 3.43. The van der Waals surface area contributed by atoms with E-state index in [1.54, 1.807) is 54.6 Å². The first-order chi connectivity index (χ1) is 13.0. The maximum absolute atomic E-state index is 11.9. The molecule has 0 aromatic heterocycles. The first kappa shape index (κ1) is 19.8. The van der Waals surface area contributed by atoms with Gasteiger partial charge in [0, 0.05) is 5.56 Å². The van der Waals surface area contributed by atoms with Gasteiger partial charge in [-0.1, -0.05) is 30.3 Å². The highest BCUT2D eigenvalue weighted by molar-refractivity contribution is 5.95. The van der Waals surface area contributed by atoms with Crippen molar-refractivity contribution in [3.63, 3.8) is 0 Å². The number of rotatable bonds is 7. The Balaban J connectivity index is 1.76. The molecule has 0 aliphatic rings. The van der Waals surface area contributed by atoms with Gasteiger partial charge in [0.1, 0.15) is 0 Å². The number of esters is 1. The average Bonchev–Trinajstić information content (AvgIpc) is 2.70. The molecular formula is C19H20N2O6. The van der Waals surface area contributed by atoms with Crippen LogP contribution in [0.3, 0.4) is 0 Å². The SMILES string of the molecule is COc1ccccc1OCC(=O)O[C@H](C)C(=O)NNC(=O)c1ccccc1. The summed E-state index contributed by atoms with van der Waals surface area (Å²) in [4.78, 5) is 35.6. The van der Waals surface area contributed by atoms with E-state index in [1.165, 1.54) is 14.0 Å². The number of carbonyl (C=O) groups excluding carboxylic acids is 3. The van der Waals surface area contributed by atoms with Gasteiger partial charge in [-0.05, 0) is 31.2 Å². The van der Waals surface area contributed by atoms with E-state index in [2.05, 4.69) is 10.9 Å². The van der Waals surface area contributed by atoms with Crippen molar-refractivity contribution in [3.05, 3.63) is 60.2 Å². The number of benzene rings is 2. The molecule has 0 spiro atoms. The summed E-state index contributed by atoms with van der Waals surface area (Å²) in [5, 5.41) is 0. The second-order valence-electron chi connectivity index (χ2n) is 5.38. The summed E-state index contributed by atoms with van der Waals surface area (Å²) in [5.41, 5.74) is 4.83. The molecule has 0 saturated heterocycles. The van der Waals surface area contributed by atoms with Gasteiger partial charge in [0.2, 0.25) is 0 Å². The molecule has 0 radical (unpaired) electrons. The van der Waals surface area contributed by atoms with E-state index in [4.69, 9.17) is 14.2 Å². The number of para-hydroxylation sites is 2. The third-order valence-corrected chi connectivity index (χ3v) is 3.43. The standard InChI is InChI=1S/C19H20N2O6/c1-13(18(23)20-21-19(24)14-8-4-3-5-9-14)27-17(22)12-26-16-11-7-6-10-15(16)25-2/h3-11,13H,12H2,1-2H3,(H,20,23)(H,21,24)/t13-/m1/s1. The van der Waals surface area contributed by atoms with Crippen LogP contribution >= 0.6 is 0 Å². The Morgan fingerprint density at radius 1 is 0.926 bits per heavy atom. The predicted molar refractivity (Wildman–Crippen MR) is 96.1 cm³/mol. The molecule has 2 N–H and O–H groups in total. The number of nitrogens with one attached hydrogen (secondary N) is 2. The molecule has 0 bridgehead atoms. The second-order valence-corrected chi connectivity index (χ2v) is 5.38. The van der Waals surface area contributed by atoms with Crippen LogP contribution in [0.25, 0.3) is 0 Å². The first-order valence-corrected chi connectivity index (χ1v) is 8.11. The van der Waals surface area contributed by atoms with E-state index in [-0.39, 0.29) is 0 Å². The fourth-order valence-corrected chi connectivity index (χ4v) is 2.04. The molecule has 2 amide bonds. The highest BCUT2D eigenvalue weighted by Gasteiger charge is 2.19. The third kappa shape index (κ3) is 6.03. The van der Waals surface area contributed by atoms with Crippen LogP contribution in [0.2, 0.25) is 0 Å². The topological polar surface area (TPSA) is 103 Å². The number of methoxy groups -OCH3 is 1. The highest BCUT2D eigenvalue weighted by atomic mass is 16.6. The van der Waals surface area contributed by atoms with Gasteiger partial charge in [0.05, 0.1) is 7.11 Å². The highest BCUT2D eigenvalue weighted by Crippen LogP contribution is 2.25. The van der Waals surface area contributed by atoms with Crippen LogP contribution in [-0.4, -0.2) is 37.6 Å². The van der Waals surface area contributed by atoms with E-state index < -0.39 is 30.5 Å². The maximum Gasteiger partial charge on any atom is 0.344 e. The number of amides is 2. The lowest BCUT2D eigenvalue weighted by atomic mass is 10.2. The average molecular weight is 372 g/mol. The molecule has 0 unspecified atom stereocenters. The molecule has 2 rings (SSSR count). The monoisotopic (exact) mass is 372 g/mol. The zero-order valence-electron chi connectivity index (χ0n) is 14.9. The van der Waals surface area contributed by atoms with E-state index in [0.29, 0.717) is 17.1 Å². The Morgan fingerprint density at radius 2 is 1.56 bits per heavy atom. The van der Waals surface area contributed by atoms with Crippen molar-refractivity contribution in [2.24, 2.45) is 0 Å². The van der Waals surface area contributed by atoms with E-state index in [9.17, 15) is 14.4 Å². The number of hydrazine groups is 1. The molecule has 2 aromatic rings. The molecule has 8 heteroatoms. The van der Waals surface area contributed by atoms with E-state index in [0.717, 1.165) is 0 Å². The molecular weight excluding hydrogens is 352 g/mol. The van der Waals surface area contributed by atoms with Gasteiger partial charge in [-0.25, -0.2) is 4.79 Å². The zero-order chi connectivity index (χ0) is 19.6. The van der Waals surface area contributed by atoms with Crippen molar-refractivity contribution in [2.75, 3.05) is 13.7 Å². The molecule has 2 aromatic carbocycles. The van der Waals surface area contributed by atoms with Gasteiger partial charge >= 0.3 is 5.97 Å². The number of hydrogen-bond donors (Lipinski definition) is 2. The molecule has 8 nitrogen and oxygen atoms in total. The van der Waals surface area contributed by atoms with Gasteiger partial charge in [0.15, 0.2) is 24.2 Å². The van der Waals surface area contributed by atoms with Gasteiger partial charge in [-0.3, -0.25) is 20.4 Å². The Hall–Kier alpha value is -3.55. The lowest BCUT2D eigenvalue weighted by Crippen LogP contribution is -2.47. The van der Waals surface area contributed by atoms with Crippen molar-refractivity contribution in [2.45, 2.75) is 13.0 Å². The van der Waals surface area contributed by atoms with E-state index >= 15 is 0 Å². The Morgan fingerprint density at radius 3 is 2.22 bits per heavy atom. The fourth-order valence-electron chi connectivity index (χ4n) is 2.04. The molecule has 0 heterocycles. The van der Waals surface area contributed by atoms with Crippen LogP contribution in [0.15, 0.2) is 54.6 Å². The van der Waals surface area contributed by atoms with Gasteiger partial charge in [-0.15, -0.1) is 0 Å². The summed E-state index contributed by atoms with van der Waals surface area (Å²) < 4.78 is 15.4. The summed E-state index contributed by atoms with van der Waals surface area (Å²) >= 11 is 0. The van der Waals surface area contributed by atoms with Gasteiger partial charge < -0.3 is 14.2 Å². The van der Waals surface area contributed by atoms with Gasteiger partial charge in [-0.2, -0.15) is 0 Å². The Labute approximate surface area is 156 Å². The zero-order valence-corrected chi connectivity index (χ0v) is 14.9. The van der Waals surface area contributed by atoms with Crippen LogP contribution in [0.1, 0.15) is 17.3 Å². The molecule has 0 aliphatic carbocycles. The molecule has 0 aliphatic heterocycles. The van der Waals surface area contributed by atoms with Crippen molar-refractivity contribution in [3.8, 4) is 11.5 Å². The summed E-state index contributed by atoms with van der Waals surface area (Å²) in [6.45, 7) is 0.985. The number of hydrogen-bond acceptors (Lipinski definition) is 6. The summed E-state index contributed by atoms with van der Waals surface area (Å²) in [5.74, 6) is -1.05. The summed E-state index contributed by atoms with van der Waals surface area (Å²) in [6.07, 6.45) is -1.12. The van der Waals surface area contributed by atoms with Crippen LogP contribution in [0, 0.1) is 0 Å². The Bertz CT molecular complexity index is 794. The molecule has 27 heavy (non-hydrogen) atoms. The fraction of sp³-hybridized carbons (Fsp3) is 0.211. The Kier molecular flexibility index (Phi) is 7.18. The molecule has 0 saturated carbocycles. The minimum atomic E-state index is -1.12. The van der Waals surface area contributed by atoms with Crippen LogP contribution in [0.4, 0.5) is 0 Å². The lowest BCUT2D eigenvalue weighted by Gasteiger charge is -2.15. The lowest BCUT2D eigenvalue weighted by molar-refractivity contribution is -0.156. The van der Waals surface area contributed by atoms with Crippen molar-refractivity contribution < 1.29 is 28.6 Å². The number of carbonyl (C=O) groups is 3. The van der Waals surface area contributed by atoms with Gasteiger partial charge in [0.25, 0.3) is 11.8 Å². The first-order valence-electron chi connectivity index (χ1n) is 8.11. The normalized spacial score (nSPS) is 11.0.